The Morgan fingerprint density at radius 1 is 1.16 bits per heavy atom. The first-order valence-corrected chi connectivity index (χ1v) is 8.19. The SMILES string of the molecule is c1nc(NC2CCCc3sccc32)c2sccc2n1. The number of nitrogens with zero attached hydrogens (tertiary/aromatic N) is 2. The lowest BCUT2D eigenvalue weighted by Gasteiger charge is -2.24. The van der Waals surface area contributed by atoms with Gasteiger partial charge in [-0.15, -0.1) is 22.7 Å². The predicted octanol–water partition coefficient (Wildman–Crippen LogP) is 4.24. The molecule has 0 saturated carbocycles. The Kier molecular flexibility index (Phi) is 2.74. The van der Waals surface area contributed by atoms with E-state index in [1.807, 2.05) is 17.4 Å². The van der Waals surface area contributed by atoms with Crippen molar-refractivity contribution in [2.45, 2.75) is 25.3 Å². The zero-order chi connectivity index (χ0) is 12.7. The zero-order valence-corrected chi connectivity index (χ0v) is 11.9. The van der Waals surface area contributed by atoms with Crippen molar-refractivity contribution in [2.24, 2.45) is 0 Å². The first kappa shape index (κ1) is 11.4. The summed E-state index contributed by atoms with van der Waals surface area (Å²) in [5, 5.41) is 7.89. The number of fused-ring (bicyclic) bond motifs is 2. The topological polar surface area (TPSA) is 37.8 Å². The lowest BCUT2D eigenvalue weighted by Crippen LogP contribution is -2.16. The van der Waals surface area contributed by atoms with Crippen molar-refractivity contribution in [1.82, 2.24) is 9.97 Å². The molecule has 3 nitrogen and oxygen atoms in total. The van der Waals surface area contributed by atoms with Crippen molar-refractivity contribution in [3.8, 4) is 0 Å². The van der Waals surface area contributed by atoms with Crippen molar-refractivity contribution in [2.75, 3.05) is 5.32 Å². The van der Waals surface area contributed by atoms with Crippen LogP contribution in [0, 0.1) is 0 Å². The van der Waals surface area contributed by atoms with Crippen molar-refractivity contribution < 1.29 is 0 Å². The van der Waals surface area contributed by atoms with Gasteiger partial charge >= 0.3 is 0 Å². The summed E-state index contributed by atoms with van der Waals surface area (Å²) in [6.07, 6.45) is 5.31. The monoisotopic (exact) mass is 287 g/mol. The van der Waals surface area contributed by atoms with E-state index in [2.05, 4.69) is 32.1 Å². The highest BCUT2D eigenvalue weighted by atomic mass is 32.1. The Bertz CT molecular complexity index is 716. The molecule has 0 aromatic carbocycles. The molecule has 1 N–H and O–H groups in total. The molecule has 0 amide bonds. The number of thiophene rings is 2. The van der Waals surface area contributed by atoms with Gasteiger partial charge in [0.05, 0.1) is 16.3 Å². The second-order valence-corrected chi connectivity index (χ2v) is 6.66. The molecule has 3 aromatic rings. The normalized spacial score (nSPS) is 18.4. The number of rotatable bonds is 2. The summed E-state index contributed by atoms with van der Waals surface area (Å²) in [5.41, 5.74) is 2.49. The van der Waals surface area contributed by atoms with Crippen LogP contribution in [0.2, 0.25) is 0 Å². The van der Waals surface area contributed by atoms with Crippen molar-refractivity contribution in [3.63, 3.8) is 0 Å². The summed E-state index contributed by atoms with van der Waals surface area (Å²) in [4.78, 5) is 10.2. The van der Waals surface area contributed by atoms with Gasteiger partial charge in [0.15, 0.2) is 0 Å². The molecule has 0 aliphatic heterocycles. The minimum Gasteiger partial charge on any atom is -0.362 e. The third kappa shape index (κ3) is 1.93. The van der Waals surface area contributed by atoms with Crippen LogP contribution in [0.1, 0.15) is 29.3 Å². The second-order valence-electron chi connectivity index (χ2n) is 4.75. The molecule has 3 heterocycles. The fourth-order valence-corrected chi connectivity index (χ4v) is 4.48. The number of aryl methyl sites for hydroxylation is 1. The number of aromatic nitrogens is 2. The van der Waals surface area contributed by atoms with Gasteiger partial charge in [-0.05, 0) is 47.7 Å². The van der Waals surface area contributed by atoms with E-state index in [1.54, 1.807) is 17.7 Å². The molecule has 1 aliphatic carbocycles. The van der Waals surface area contributed by atoms with Gasteiger partial charge in [-0.1, -0.05) is 0 Å². The minimum absolute atomic E-state index is 0.398. The van der Waals surface area contributed by atoms with Gasteiger partial charge in [0, 0.05) is 4.88 Å². The molecule has 4 rings (SSSR count). The third-order valence-electron chi connectivity index (χ3n) is 3.61. The molecule has 1 aliphatic rings. The van der Waals surface area contributed by atoms with Crippen LogP contribution in [0.5, 0.6) is 0 Å². The zero-order valence-electron chi connectivity index (χ0n) is 10.3. The van der Waals surface area contributed by atoms with Crippen LogP contribution in [-0.4, -0.2) is 9.97 Å². The summed E-state index contributed by atoms with van der Waals surface area (Å²) < 4.78 is 1.16. The molecule has 0 saturated heterocycles. The highest BCUT2D eigenvalue weighted by Gasteiger charge is 2.22. The molecule has 0 radical (unpaired) electrons. The molecule has 19 heavy (non-hydrogen) atoms. The van der Waals surface area contributed by atoms with Gasteiger partial charge in [-0.2, -0.15) is 0 Å². The van der Waals surface area contributed by atoms with Gasteiger partial charge in [-0.3, -0.25) is 0 Å². The maximum absolute atomic E-state index is 4.42. The van der Waals surface area contributed by atoms with Gasteiger partial charge in [0.2, 0.25) is 0 Å². The third-order valence-corrected chi connectivity index (χ3v) is 5.51. The van der Waals surface area contributed by atoms with Gasteiger partial charge < -0.3 is 5.32 Å². The highest BCUT2D eigenvalue weighted by Crippen LogP contribution is 2.36. The Labute approximate surface area is 119 Å². The quantitative estimate of drug-likeness (QED) is 0.766. The first-order chi connectivity index (χ1) is 9.42. The predicted molar refractivity (Wildman–Crippen MR) is 81.0 cm³/mol. The van der Waals surface area contributed by atoms with E-state index < -0.39 is 0 Å². The molecule has 5 heteroatoms. The van der Waals surface area contributed by atoms with Crippen molar-refractivity contribution in [1.29, 1.82) is 0 Å². The van der Waals surface area contributed by atoms with Crippen molar-refractivity contribution in [3.05, 3.63) is 39.7 Å². The molecule has 96 valence electrons. The van der Waals surface area contributed by atoms with Crippen LogP contribution in [0.4, 0.5) is 5.82 Å². The van der Waals surface area contributed by atoms with Gasteiger partial charge in [0.25, 0.3) is 0 Å². The average molecular weight is 287 g/mol. The first-order valence-electron chi connectivity index (χ1n) is 6.43. The van der Waals surface area contributed by atoms with E-state index in [0.29, 0.717) is 6.04 Å². The summed E-state index contributed by atoms with van der Waals surface area (Å²) in [6.45, 7) is 0. The molecule has 1 unspecified atom stereocenters. The maximum atomic E-state index is 4.42. The molecule has 0 bridgehead atoms. The Balaban J connectivity index is 1.71. The Hall–Kier alpha value is -1.46. The van der Waals surface area contributed by atoms with Crippen LogP contribution in [0.3, 0.4) is 0 Å². The fourth-order valence-electron chi connectivity index (χ4n) is 2.69. The molecule has 3 aromatic heterocycles. The van der Waals surface area contributed by atoms with Crippen LogP contribution in [0.25, 0.3) is 10.2 Å². The molecular weight excluding hydrogens is 274 g/mol. The Morgan fingerprint density at radius 3 is 3.11 bits per heavy atom. The minimum atomic E-state index is 0.398. The van der Waals surface area contributed by atoms with E-state index in [4.69, 9.17) is 0 Å². The van der Waals surface area contributed by atoms with Crippen molar-refractivity contribution >= 4 is 38.7 Å². The van der Waals surface area contributed by atoms with E-state index in [0.717, 1.165) is 16.0 Å². The summed E-state index contributed by atoms with van der Waals surface area (Å²) in [7, 11) is 0. The van der Waals surface area contributed by atoms with Crippen LogP contribution < -0.4 is 5.32 Å². The lowest BCUT2D eigenvalue weighted by molar-refractivity contribution is 0.607. The van der Waals surface area contributed by atoms with Gasteiger partial charge in [0.1, 0.15) is 12.1 Å². The molecule has 0 spiro atoms. The number of nitrogens with one attached hydrogen (secondary N) is 1. The van der Waals surface area contributed by atoms with Crippen LogP contribution in [-0.2, 0) is 6.42 Å². The molecular formula is C14H13N3S2. The van der Waals surface area contributed by atoms with Gasteiger partial charge in [-0.25, -0.2) is 9.97 Å². The van der Waals surface area contributed by atoms with Crippen LogP contribution in [0.15, 0.2) is 29.2 Å². The highest BCUT2D eigenvalue weighted by molar-refractivity contribution is 7.17. The Morgan fingerprint density at radius 2 is 2.11 bits per heavy atom. The number of hydrogen-bond donors (Lipinski definition) is 1. The summed E-state index contributed by atoms with van der Waals surface area (Å²) in [5.74, 6) is 0.976. The van der Waals surface area contributed by atoms with E-state index >= 15 is 0 Å². The summed E-state index contributed by atoms with van der Waals surface area (Å²) >= 11 is 3.58. The smallest absolute Gasteiger partial charge is 0.147 e. The van der Waals surface area contributed by atoms with E-state index in [9.17, 15) is 0 Å². The average Bonchev–Trinajstić information content (AvgIpc) is 3.08. The fraction of sp³-hybridized carbons (Fsp3) is 0.286. The number of anilines is 1. The second kappa shape index (κ2) is 4.58. The standard InChI is InChI=1S/C14H13N3S2/c1-2-10(9-4-6-18-12(9)3-1)17-14-13-11(5-7-19-13)15-8-16-14/h4-8,10H,1-3H2,(H,15,16,17). The molecule has 1 atom stereocenters. The van der Waals surface area contributed by atoms with Crippen LogP contribution >= 0.6 is 22.7 Å². The van der Waals surface area contributed by atoms with E-state index in [-0.39, 0.29) is 0 Å². The van der Waals surface area contributed by atoms with E-state index in [1.165, 1.54) is 29.7 Å². The maximum Gasteiger partial charge on any atom is 0.147 e. The molecule has 0 fully saturated rings. The lowest BCUT2D eigenvalue weighted by atomic mass is 9.94. The summed E-state index contributed by atoms with van der Waals surface area (Å²) in [6, 6.07) is 4.70. The number of hydrogen-bond acceptors (Lipinski definition) is 5. The largest absolute Gasteiger partial charge is 0.362 e.